The number of aromatic nitrogens is 2. The molecular formula is C14H14N4O3S. The van der Waals surface area contributed by atoms with Crippen LogP contribution in [0.4, 0.5) is 4.79 Å². The predicted molar refractivity (Wildman–Crippen MR) is 80.1 cm³/mol. The van der Waals surface area contributed by atoms with Crippen LogP contribution in [-0.4, -0.2) is 38.3 Å². The Hall–Kier alpha value is -2.48. The van der Waals surface area contributed by atoms with Crippen LogP contribution in [0.1, 0.15) is 17.0 Å². The molecule has 7 nitrogen and oxygen atoms in total. The number of H-pyrrole nitrogens is 1. The molecule has 0 unspecified atom stereocenters. The average molecular weight is 318 g/mol. The van der Waals surface area contributed by atoms with Gasteiger partial charge in [-0.15, -0.1) is 11.3 Å². The van der Waals surface area contributed by atoms with Crippen LogP contribution in [-0.2, 0) is 17.9 Å². The van der Waals surface area contributed by atoms with Crippen molar-refractivity contribution in [2.45, 2.75) is 19.5 Å². The number of amides is 3. The standard InChI is InChI=1S/C14H14N4O3S/c19-12-3-6-17(9-11-15-5-7-22-11)14(21)18(12)8-10-2-1-4-16-13(10)20/h1-2,4-5,7H,3,6,8-9H2,(H,16,20). The number of carbonyl (C=O) groups is 2. The van der Waals surface area contributed by atoms with Crippen molar-refractivity contribution in [3.05, 3.63) is 50.8 Å². The first-order valence-corrected chi connectivity index (χ1v) is 7.67. The molecule has 1 aliphatic rings. The third-order valence-corrected chi connectivity index (χ3v) is 4.20. The summed E-state index contributed by atoms with van der Waals surface area (Å²) in [5.41, 5.74) is 0.0976. The zero-order valence-corrected chi connectivity index (χ0v) is 12.5. The lowest BCUT2D eigenvalue weighted by molar-refractivity contribution is -0.131. The average Bonchev–Trinajstić information content (AvgIpc) is 3.01. The lowest BCUT2D eigenvalue weighted by Gasteiger charge is -2.33. The Bertz CT molecular complexity index is 741. The highest BCUT2D eigenvalue weighted by Gasteiger charge is 2.32. The molecule has 0 spiro atoms. The normalized spacial score (nSPS) is 15.5. The van der Waals surface area contributed by atoms with Gasteiger partial charge in [-0.05, 0) is 6.07 Å². The highest BCUT2D eigenvalue weighted by molar-refractivity contribution is 7.09. The second kappa shape index (κ2) is 6.10. The Balaban J connectivity index is 1.77. The third kappa shape index (κ3) is 2.91. The minimum atomic E-state index is -0.380. The summed E-state index contributed by atoms with van der Waals surface area (Å²) in [6.07, 6.45) is 3.45. The molecule has 0 bridgehead atoms. The molecule has 2 aromatic rings. The van der Waals surface area contributed by atoms with Crippen molar-refractivity contribution in [3.8, 4) is 0 Å². The number of thiazole rings is 1. The van der Waals surface area contributed by atoms with Crippen molar-refractivity contribution in [1.82, 2.24) is 19.8 Å². The summed E-state index contributed by atoms with van der Waals surface area (Å²) in [5.74, 6) is -0.261. The fourth-order valence-corrected chi connectivity index (χ4v) is 2.92. The molecule has 3 amide bonds. The molecule has 1 fully saturated rings. The van der Waals surface area contributed by atoms with Crippen LogP contribution in [0.15, 0.2) is 34.7 Å². The molecule has 0 radical (unpaired) electrons. The predicted octanol–water partition coefficient (Wildman–Crippen LogP) is 1.19. The Kier molecular flexibility index (Phi) is 4.01. The molecule has 8 heteroatoms. The molecule has 0 aromatic carbocycles. The molecule has 0 aliphatic carbocycles. The van der Waals surface area contributed by atoms with E-state index in [0.717, 1.165) is 9.91 Å². The zero-order chi connectivity index (χ0) is 15.5. The first-order chi connectivity index (χ1) is 10.6. The van der Waals surface area contributed by atoms with Gasteiger partial charge in [-0.1, -0.05) is 6.07 Å². The van der Waals surface area contributed by atoms with Gasteiger partial charge >= 0.3 is 6.03 Å². The number of imide groups is 1. The maximum Gasteiger partial charge on any atom is 0.327 e. The van der Waals surface area contributed by atoms with Crippen molar-refractivity contribution < 1.29 is 9.59 Å². The monoisotopic (exact) mass is 318 g/mol. The molecule has 1 saturated heterocycles. The summed E-state index contributed by atoms with van der Waals surface area (Å²) in [5, 5.41) is 2.66. The van der Waals surface area contributed by atoms with Crippen LogP contribution in [0.5, 0.6) is 0 Å². The summed E-state index contributed by atoms with van der Waals surface area (Å²) in [4.78, 5) is 45.6. The van der Waals surface area contributed by atoms with Crippen molar-refractivity contribution in [2.75, 3.05) is 6.54 Å². The molecular weight excluding hydrogens is 304 g/mol. The molecule has 0 saturated carbocycles. The zero-order valence-electron chi connectivity index (χ0n) is 11.7. The third-order valence-electron chi connectivity index (χ3n) is 3.44. The van der Waals surface area contributed by atoms with E-state index in [1.54, 1.807) is 23.2 Å². The summed E-state index contributed by atoms with van der Waals surface area (Å²) in [6.45, 7) is 0.743. The number of nitrogens with zero attached hydrogens (tertiary/aromatic N) is 3. The van der Waals surface area contributed by atoms with Gasteiger partial charge in [-0.3, -0.25) is 14.5 Å². The Morgan fingerprint density at radius 3 is 2.86 bits per heavy atom. The van der Waals surface area contributed by atoms with E-state index < -0.39 is 0 Å². The Morgan fingerprint density at radius 2 is 2.14 bits per heavy atom. The van der Waals surface area contributed by atoms with Gasteiger partial charge in [0.25, 0.3) is 5.56 Å². The SMILES string of the molecule is O=C1CCN(Cc2nccs2)C(=O)N1Cc1ccc[nH]c1=O. The number of hydrogen-bond donors (Lipinski definition) is 1. The van der Waals surface area contributed by atoms with E-state index >= 15 is 0 Å². The van der Waals surface area contributed by atoms with Gasteiger partial charge in [-0.25, -0.2) is 9.78 Å². The van der Waals surface area contributed by atoms with Crippen LogP contribution in [0.25, 0.3) is 0 Å². The number of aromatic amines is 1. The van der Waals surface area contributed by atoms with E-state index in [1.807, 2.05) is 5.38 Å². The number of carbonyl (C=O) groups excluding carboxylic acids is 2. The lowest BCUT2D eigenvalue weighted by atomic mass is 10.2. The van der Waals surface area contributed by atoms with Crippen LogP contribution >= 0.6 is 11.3 Å². The second-order valence-electron chi connectivity index (χ2n) is 4.88. The van der Waals surface area contributed by atoms with Crippen molar-refractivity contribution in [2.24, 2.45) is 0 Å². The van der Waals surface area contributed by atoms with Gasteiger partial charge in [0.05, 0.1) is 13.1 Å². The first kappa shape index (κ1) is 14.5. The molecule has 3 heterocycles. The molecule has 2 aromatic heterocycles. The Morgan fingerprint density at radius 1 is 1.27 bits per heavy atom. The molecule has 1 N–H and O–H groups in total. The van der Waals surface area contributed by atoms with Gasteiger partial charge in [0.1, 0.15) is 5.01 Å². The largest absolute Gasteiger partial charge is 0.329 e. The second-order valence-corrected chi connectivity index (χ2v) is 5.86. The summed E-state index contributed by atoms with van der Waals surface area (Å²) in [7, 11) is 0. The maximum absolute atomic E-state index is 12.5. The van der Waals surface area contributed by atoms with Gasteiger partial charge in [0, 0.05) is 36.3 Å². The molecule has 22 heavy (non-hydrogen) atoms. The Labute approximate surface area is 130 Å². The minimum Gasteiger partial charge on any atom is -0.329 e. The van der Waals surface area contributed by atoms with E-state index in [-0.39, 0.29) is 30.5 Å². The molecule has 3 rings (SSSR count). The van der Waals surface area contributed by atoms with Gasteiger partial charge in [0.2, 0.25) is 5.91 Å². The summed E-state index contributed by atoms with van der Waals surface area (Å²) in [6, 6.07) is 2.90. The number of pyridine rings is 1. The van der Waals surface area contributed by atoms with Crippen molar-refractivity contribution in [3.63, 3.8) is 0 Å². The van der Waals surface area contributed by atoms with Gasteiger partial charge in [-0.2, -0.15) is 0 Å². The lowest BCUT2D eigenvalue weighted by Crippen LogP contribution is -2.51. The summed E-state index contributed by atoms with van der Waals surface area (Å²) >= 11 is 1.46. The highest BCUT2D eigenvalue weighted by Crippen LogP contribution is 2.17. The van der Waals surface area contributed by atoms with Crippen LogP contribution in [0.3, 0.4) is 0 Å². The van der Waals surface area contributed by atoms with E-state index in [9.17, 15) is 14.4 Å². The fourth-order valence-electron chi connectivity index (χ4n) is 2.29. The van der Waals surface area contributed by atoms with E-state index in [1.165, 1.54) is 17.5 Å². The first-order valence-electron chi connectivity index (χ1n) is 6.79. The van der Waals surface area contributed by atoms with E-state index in [2.05, 4.69) is 9.97 Å². The van der Waals surface area contributed by atoms with Crippen LogP contribution < -0.4 is 5.56 Å². The number of hydrogen-bond acceptors (Lipinski definition) is 5. The number of nitrogens with one attached hydrogen (secondary N) is 1. The van der Waals surface area contributed by atoms with E-state index in [4.69, 9.17) is 0 Å². The van der Waals surface area contributed by atoms with Gasteiger partial charge in [0.15, 0.2) is 0 Å². The fraction of sp³-hybridized carbons (Fsp3) is 0.286. The van der Waals surface area contributed by atoms with Crippen molar-refractivity contribution in [1.29, 1.82) is 0 Å². The maximum atomic E-state index is 12.5. The topological polar surface area (TPSA) is 86.4 Å². The number of rotatable bonds is 4. The van der Waals surface area contributed by atoms with Crippen LogP contribution in [0.2, 0.25) is 0 Å². The van der Waals surface area contributed by atoms with Crippen LogP contribution in [0, 0.1) is 0 Å². The minimum absolute atomic E-state index is 0.0117. The quantitative estimate of drug-likeness (QED) is 0.917. The van der Waals surface area contributed by atoms with Crippen molar-refractivity contribution >= 4 is 23.3 Å². The highest BCUT2D eigenvalue weighted by atomic mass is 32.1. The molecule has 0 atom stereocenters. The molecule has 1 aliphatic heterocycles. The molecule has 114 valence electrons. The van der Waals surface area contributed by atoms with E-state index in [0.29, 0.717) is 18.7 Å². The van der Waals surface area contributed by atoms with Gasteiger partial charge < -0.3 is 9.88 Å². The summed E-state index contributed by atoms with van der Waals surface area (Å²) < 4.78 is 0. The number of urea groups is 1. The smallest absolute Gasteiger partial charge is 0.327 e.